The third-order valence-corrected chi connectivity index (χ3v) is 4.20. The molecule has 3 atom stereocenters. The number of aliphatic hydroxyl groups excluding tert-OH is 1. The van der Waals surface area contributed by atoms with Gasteiger partial charge in [0.1, 0.15) is 0 Å². The molecular formula is C14H18O. The van der Waals surface area contributed by atoms with Crippen molar-refractivity contribution < 1.29 is 5.11 Å². The van der Waals surface area contributed by atoms with Crippen LogP contribution in [0.15, 0.2) is 24.3 Å². The molecule has 1 fully saturated rings. The van der Waals surface area contributed by atoms with Gasteiger partial charge in [-0.15, -0.1) is 0 Å². The first kappa shape index (κ1) is 9.41. The van der Waals surface area contributed by atoms with Crippen LogP contribution < -0.4 is 0 Å². The zero-order valence-corrected chi connectivity index (χ0v) is 9.02. The minimum atomic E-state index is -0.0924. The summed E-state index contributed by atoms with van der Waals surface area (Å²) in [5.41, 5.74) is 2.90. The molecule has 1 nitrogen and oxygen atoms in total. The lowest BCUT2D eigenvalue weighted by atomic mass is 9.67. The number of hydrogen-bond acceptors (Lipinski definition) is 1. The summed E-state index contributed by atoms with van der Waals surface area (Å²) in [5.74, 6) is 1.17. The third-order valence-electron chi connectivity index (χ3n) is 4.20. The quantitative estimate of drug-likeness (QED) is 0.686. The number of fused-ring (bicyclic) bond motifs is 3. The van der Waals surface area contributed by atoms with Crippen LogP contribution in [0.5, 0.6) is 0 Å². The zero-order valence-electron chi connectivity index (χ0n) is 9.02. The summed E-state index contributed by atoms with van der Waals surface area (Å²) in [7, 11) is 0. The van der Waals surface area contributed by atoms with Crippen molar-refractivity contribution >= 4 is 0 Å². The van der Waals surface area contributed by atoms with Crippen LogP contribution >= 0.6 is 0 Å². The second-order valence-corrected chi connectivity index (χ2v) is 5.03. The van der Waals surface area contributed by atoms with Crippen molar-refractivity contribution in [1.29, 1.82) is 0 Å². The Morgan fingerprint density at radius 1 is 1.07 bits per heavy atom. The first-order chi connectivity index (χ1) is 7.36. The Hall–Kier alpha value is -0.820. The van der Waals surface area contributed by atoms with E-state index in [9.17, 15) is 5.11 Å². The van der Waals surface area contributed by atoms with Gasteiger partial charge in [-0.25, -0.2) is 0 Å². The number of hydrogen-bond donors (Lipinski definition) is 1. The fraction of sp³-hybridized carbons (Fsp3) is 0.571. The molecule has 0 aliphatic heterocycles. The molecule has 1 heteroatoms. The minimum Gasteiger partial charge on any atom is -0.392 e. The van der Waals surface area contributed by atoms with Crippen molar-refractivity contribution in [3.63, 3.8) is 0 Å². The Balaban J connectivity index is 2.02. The zero-order chi connectivity index (χ0) is 10.3. The average molecular weight is 202 g/mol. The molecule has 2 aliphatic rings. The lowest BCUT2D eigenvalue weighted by molar-refractivity contribution is 0.0613. The normalized spacial score (nSPS) is 34.3. The van der Waals surface area contributed by atoms with Crippen molar-refractivity contribution in [2.45, 2.75) is 44.1 Å². The summed E-state index contributed by atoms with van der Waals surface area (Å²) in [6.45, 7) is 0. The van der Waals surface area contributed by atoms with E-state index in [2.05, 4.69) is 24.3 Å². The average Bonchev–Trinajstić information content (AvgIpc) is 2.30. The molecule has 1 saturated carbocycles. The third kappa shape index (κ3) is 1.50. The summed E-state index contributed by atoms with van der Waals surface area (Å²) < 4.78 is 0. The standard InChI is InChI=1S/C14H18O/c15-14-9-10-5-1-2-6-11(10)12-7-3-4-8-13(12)14/h1-2,5-6,12-15H,3-4,7-9H2. The minimum absolute atomic E-state index is 0.0924. The van der Waals surface area contributed by atoms with Crippen LogP contribution in [0.1, 0.15) is 42.7 Å². The first-order valence-corrected chi connectivity index (χ1v) is 6.12. The molecule has 1 aromatic carbocycles. The van der Waals surface area contributed by atoms with E-state index in [0.717, 1.165) is 6.42 Å². The van der Waals surface area contributed by atoms with Gasteiger partial charge in [-0.1, -0.05) is 37.1 Å². The highest BCUT2D eigenvalue weighted by atomic mass is 16.3. The molecule has 0 aromatic heterocycles. The van der Waals surface area contributed by atoms with Crippen molar-refractivity contribution in [1.82, 2.24) is 0 Å². The topological polar surface area (TPSA) is 20.2 Å². The van der Waals surface area contributed by atoms with Gasteiger partial charge in [0, 0.05) is 0 Å². The van der Waals surface area contributed by atoms with Gasteiger partial charge in [-0.05, 0) is 42.2 Å². The van der Waals surface area contributed by atoms with E-state index in [1.54, 1.807) is 0 Å². The largest absolute Gasteiger partial charge is 0.392 e. The van der Waals surface area contributed by atoms with Gasteiger partial charge in [-0.2, -0.15) is 0 Å². The van der Waals surface area contributed by atoms with Gasteiger partial charge in [0.2, 0.25) is 0 Å². The second-order valence-electron chi connectivity index (χ2n) is 5.03. The SMILES string of the molecule is OC1Cc2ccccc2C2CCCCC12. The van der Waals surface area contributed by atoms with Gasteiger partial charge < -0.3 is 5.11 Å². The van der Waals surface area contributed by atoms with Crippen LogP contribution in [-0.4, -0.2) is 11.2 Å². The number of aliphatic hydroxyl groups is 1. The van der Waals surface area contributed by atoms with E-state index in [-0.39, 0.29) is 6.10 Å². The van der Waals surface area contributed by atoms with E-state index >= 15 is 0 Å². The van der Waals surface area contributed by atoms with Crippen LogP contribution in [0, 0.1) is 5.92 Å². The Bertz CT molecular complexity index is 358. The maximum Gasteiger partial charge on any atom is 0.0614 e. The van der Waals surface area contributed by atoms with E-state index in [0.29, 0.717) is 11.8 Å². The number of rotatable bonds is 0. The summed E-state index contributed by atoms with van der Waals surface area (Å²) >= 11 is 0. The van der Waals surface area contributed by atoms with Crippen LogP contribution in [-0.2, 0) is 6.42 Å². The maximum absolute atomic E-state index is 10.2. The molecule has 80 valence electrons. The van der Waals surface area contributed by atoms with Gasteiger partial charge in [0.15, 0.2) is 0 Å². The van der Waals surface area contributed by atoms with Crippen molar-refractivity contribution in [3.8, 4) is 0 Å². The summed E-state index contributed by atoms with van der Waals surface area (Å²) in [6, 6.07) is 8.69. The maximum atomic E-state index is 10.2. The molecule has 0 amide bonds. The second kappa shape index (κ2) is 3.64. The van der Waals surface area contributed by atoms with E-state index in [1.807, 2.05) is 0 Å². The highest BCUT2D eigenvalue weighted by Crippen LogP contribution is 2.44. The Kier molecular flexibility index (Phi) is 2.28. The molecule has 0 saturated heterocycles. The molecule has 0 spiro atoms. The first-order valence-electron chi connectivity index (χ1n) is 6.12. The van der Waals surface area contributed by atoms with E-state index in [1.165, 1.54) is 36.8 Å². The molecule has 15 heavy (non-hydrogen) atoms. The smallest absolute Gasteiger partial charge is 0.0614 e. The lowest BCUT2D eigenvalue weighted by Gasteiger charge is -2.40. The molecule has 1 aromatic rings. The Morgan fingerprint density at radius 2 is 1.87 bits per heavy atom. The number of benzene rings is 1. The molecule has 3 unspecified atom stereocenters. The Morgan fingerprint density at radius 3 is 2.80 bits per heavy atom. The van der Waals surface area contributed by atoms with Crippen LogP contribution in [0.2, 0.25) is 0 Å². The van der Waals surface area contributed by atoms with Crippen LogP contribution in [0.3, 0.4) is 0 Å². The fourth-order valence-electron chi connectivity index (χ4n) is 3.46. The summed E-state index contributed by atoms with van der Waals surface area (Å²) in [4.78, 5) is 0. The van der Waals surface area contributed by atoms with Crippen molar-refractivity contribution in [2.75, 3.05) is 0 Å². The predicted molar refractivity (Wildman–Crippen MR) is 60.9 cm³/mol. The summed E-state index contributed by atoms with van der Waals surface area (Å²) in [6.07, 6.45) is 5.92. The van der Waals surface area contributed by atoms with Gasteiger partial charge in [0.25, 0.3) is 0 Å². The van der Waals surface area contributed by atoms with Crippen LogP contribution in [0.4, 0.5) is 0 Å². The molecule has 0 heterocycles. The van der Waals surface area contributed by atoms with E-state index < -0.39 is 0 Å². The van der Waals surface area contributed by atoms with Gasteiger partial charge in [-0.3, -0.25) is 0 Å². The molecule has 2 aliphatic carbocycles. The van der Waals surface area contributed by atoms with E-state index in [4.69, 9.17) is 0 Å². The molecule has 0 radical (unpaired) electrons. The highest BCUT2D eigenvalue weighted by Gasteiger charge is 2.36. The van der Waals surface area contributed by atoms with Gasteiger partial charge in [0.05, 0.1) is 6.10 Å². The fourth-order valence-corrected chi connectivity index (χ4v) is 3.46. The molecular weight excluding hydrogens is 184 g/mol. The monoisotopic (exact) mass is 202 g/mol. The lowest BCUT2D eigenvalue weighted by Crippen LogP contribution is -2.35. The molecule has 3 rings (SSSR count). The highest BCUT2D eigenvalue weighted by molar-refractivity contribution is 5.34. The van der Waals surface area contributed by atoms with Gasteiger partial charge >= 0.3 is 0 Å². The Labute approximate surface area is 91.1 Å². The van der Waals surface area contributed by atoms with Crippen LogP contribution in [0.25, 0.3) is 0 Å². The molecule has 1 N–H and O–H groups in total. The van der Waals surface area contributed by atoms with Crippen molar-refractivity contribution in [2.24, 2.45) is 5.92 Å². The molecule has 0 bridgehead atoms. The van der Waals surface area contributed by atoms with Crippen molar-refractivity contribution in [3.05, 3.63) is 35.4 Å². The predicted octanol–water partition coefficient (Wildman–Crippen LogP) is 2.88. The summed E-state index contributed by atoms with van der Waals surface area (Å²) in [5, 5.41) is 10.2.